The van der Waals surface area contributed by atoms with Crippen molar-refractivity contribution in [3.63, 3.8) is 0 Å². The fraction of sp³-hybridized carbons (Fsp3) is 0.222. The van der Waals surface area contributed by atoms with E-state index in [1.807, 2.05) is 0 Å². The molecule has 1 aromatic rings. The van der Waals surface area contributed by atoms with Crippen molar-refractivity contribution in [3.8, 4) is 0 Å². The van der Waals surface area contributed by atoms with E-state index in [1.165, 1.54) is 7.11 Å². The number of benzene rings is 1. The molecule has 1 amide bonds. The Balaban J connectivity index is 2.67. The Morgan fingerprint density at radius 1 is 1.29 bits per heavy atom. The maximum Gasteiger partial charge on any atom is 0.265 e. The van der Waals surface area contributed by atoms with E-state index in [0.29, 0.717) is 5.56 Å². The first-order chi connectivity index (χ1) is 6.77. The summed E-state index contributed by atoms with van der Waals surface area (Å²) in [5.74, 6) is -0.170. The SMILES string of the molecule is CNNC(=O)c1ccc(NOC)cc1. The minimum Gasteiger partial charge on any atom is -0.288 e. The van der Waals surface area contributed by atoms with Gasteiger partial charge in [-0.1, -0.05) is 0 Å². The molecule has 5 nitrogen and oxygen atoms in total. The number of hydrazine groups is 1. The van der Waals surface area contributed by atoms with Gasteiger partial charge in [0.2, 0.25) is 0 Å². The summed E-state index contributed by atoms with van der Waals surface area (Å²) in [6.07, 6.45) is 0. The summed E-state index contributed by atoms with van der Waals surface area (Å²) in [5, 5.41) is 0. The highest BCUT2D eigenvalue weighted by Gasteiger charge is 2.02. The molecule has 1 rings (SSSR count). The zero-order valence-electron chi connectivity index (χ0n) is 8.13. The number of nitrogens with one attached hydrogen (secondary N) is 3. The Morgan fingerprint density at radius 2 is 1.93 bits per heavy atom. The van der Waals surface area contributed by atoms with Gasteiger partial charge < -0.3 is 0 Å². The lowest BCUT2D eigenvalue weighted by atomic mass is 10.2. The van der Waals surface area contributed by atoms with Crippen LogP contribution in [0.2, 0.25) is 0 Å². The van der Waals surface area contributed by atoms with Gasteiger partial charge in [-0.15, -0.1) is 0 Å². The minimum absolute atomic E-state index is 0.170. The van der Waals surface area contributed by atoms with Crippen LogP contribution in [-0.2, 0) is 4.84 Å². The van der Waals surface area contributed by atoms with Crippen LogP contribution in [0.3, 0.4) is 0 Å². The van der Waals surface area contributed by atoms with E-state index >= 15 is 0 Å². The lowest BCUT2D eigenvalue weighted by Crippen LogP contribution is -2.34. The normalized spacial score (nSPS) is 9.57. The molecule has 76 valence electrons. The monoisotopic (exact) mass is 195 g/mol. The Hall–Kier alpha value is -1.59. The van der Waals surface area contributed by atoms with Crippen LogP contribution in [0.15, 0.2) is 24.3 Å². The molecule has 0 spiro atoms. The third kappa shape index (κ3) is 2.72. The second-order valence-corrected chi connectivity index (χ2v) is 2.59. The standard InChI is InChI=1S/C9H13N3O2/c1-10-11-9(13)7-3-5-8(6-4-7)12-14-2/h3-6,10,12H,1-2H3,(H,11,13). The highest BCUT2D eigenvalue weighted by atomic mass is 16.6. The molecule has 5 heteroatoms. The fourth-order valence-corrected chi connectivity index (χ4v) is 0.993. The lowest BCUT2D eigenvalue weighted by Gasteiger charge is -2.05. The van der Waals surface area contributed by atoms with E-state index in [4.69, 9.17) is 4.84 Å². The first-order valence-electron chi connectivity index (χ1n) is 4.14. The van der Waals surface area contributed by atoms with Crippen molar-refractivity contribution in [3.05, 3.63) is 29.8 Å². The Bertz CT molecular complexity index is 297. The third-order valence-electron chi connectivity index (χ3n) is 1.61. The molecule has 0 saturated carbocycles. The zero-order chi connectivity index (χ0) is 10.4. The van der Waals surface area contributed by atoms with E-state index in [-0.39, 0.29) is 5.91 Å². The van der Waals surface area contributed by atoms with Gasteiger partial charge in [0.1, 0.15) is 0 Å². The van der Waals surface area contributed by atoms with Crippen molar-refractivity contribution in [2.75, 3.05) is 19.6 Å². The molecule has 0 heterocycles. The average molecular weight is 195 g/mol. The van der Waals surface area contributed by atoms with Crippen LogP contribution in [0.1, 0.15) is 10.4 Å². The second-order valence-electron chi connectivity index (χ2n) is 2.59. The molecule has 0 saturated heterocycles. The van der Waals surface area contributed by atoms with Crippen LogP contribution in [0.5, 0.6) is 0 Å². The molecule has 0 unspecified atom stereocenters. The molecule has 3 N–H and O–H groups in total. The molecule has 1 aromatic carbocycles. The summed E-state index contributed by atoms with van der Waals surface area (Å²) in [5.41, 5.74) is 9.08. The Morgan fingerprint density at radius 3 is 2.43 bits per heavy atom. The molecule has 0 aliphatic rings. The van der Waals surface area contributed by atoms with E-state index in [2.05, 4.69) is 16.3 Å². The van der Waals surface area contributed by atoms with E-state index in [1.54, 1.807) is 31.3 Å². The Labute approximate surface area is 82.4 Å². The molecule has 0 radical (unpaired) electrons. The maximum absolute atomic E-state index is 11.3. The van der Waals surface area contributed by atoms with Gasteiger partial charge in [-0.05, 0) is 24.3 Å². The summed E-state index contributed by atoms with van der Waals surface area (Å²) in [6.45, 7) is 0. The van der Waals surface area contributed by atoms with E-state index in [9.17, 15) is 4.79 Å². The number of carbonyl (C=O) groups is 1. The maximum atomic E-state index is 11.3. The molecule has 0 fully saturated rings. The Kier molecular flexibility index (Phi) is 3.90. The number of hydrogen-bond acceptors (Lipinski definition) is 4. The van der Waals surface area contributed by atoms with Crippen LogP contribution in [0.4, 0.5) is 5.69 Å². The highest BCUT2D eigenvalue weighted by Crippen LogP contribution is 2.08. The largest absolute Gasteiger partial charge is 0.288 e. The van der Waals surface area contributed by atoms with Crippen LogP contribution in [-0.4, -0.2) is 20.1 Å². The number of amides is 1. The number of carbonyl (C=O) groups excluding carboxylic acids is 1. The topological polar surface area (TPSA) is 62.4 Å². The lowest BCUT2D eigenvalue weighted by molar-refractivity contribution is 0.0938. The fourth-order valence-electron chi connectivity index (χ4n) is 0.993. The second kappa shape index (κ2) is 5.21. The zero-order valence-corrected chi connectivity index (χ0v) is 8.13. The first-order valence-corrected chi connectivity index (χ1v) is 4.14. The summed E-state index contributed by atoms with van der Waals surface area (Å²) < 4.78 is 0. The number of rotatable bonds is 4. The van der Waals surface area contributed by atoms with Crippen LogP contribution < -0.4 is 16.3 Å². The van der Waals surface area contributed by atoms with Gasteiger partial charge >= 0.3 is 0 Å². The van der Waals surface area contributed by atoms with Gasteiger partial charge in [0.05, 0.1) is 12.8 Å². The summed E-state index contributed by atoms with van der Waals surface area (Å²) in [4.78, 5) is 16.0. The van der Waals surface area contributed by atoms with Crippen LogP contribution >= 0.6 is 0 Å². The molecule has 0 aromatic heterocycles. The van der Waals surface area contributed by atoms with Gasteiger partial charge in [-0.3, -0.25) is 20.5 Å². The minimum atomic E-state index is -0.170. The molecule has 0 bridgehead atoms. The first kappa shape index (κ1) is 10.5. The van der Waals surface area contributed by atoms with Crippen LogP contribution in [0, 0.1) is 0 Å². The predicted octanol–water partition coefficient (Wildman–Crippen LogP) is 0.524. The summed E-state index contributed by atoms with van der Waals surface area (Å²) in [6, 6.07) is 6.92. The van der Waals surface area contributed by atoms with E-state index in [0.717, 1.165) is 5.69 Å². The van der Waals surface area contributed by atoms with Gasteiger partial charge in [-0.25, -0.2) is 5.43 Å². The summed E-state index contributed by atoms with van der Waals surface area (Å²) >= 11 is 0. The average Bonchev–Trinajstić information content (AvgIpc) is 2.20. The van der Waals surface area contributed by atoms with Crippen molar-refractivity contribution in [1.29, 1.82) is 0 Å². The predicted molar refractivity (Wildman–Crippen MR) is 53.6 cm³/mol. The number of hydrogen-bond donors (Lipinski definition) is 3. The molecular weight excluding hydrogens is 182 g/mol. The smallest absolute Gasteiger partial charge is 0.265 e. The van der Waals surface area contributed by atoms with Gasteiger partial charge in [0, 0.05) is 12.6 Å². The van der Waals surface area contributed by atoms with E-state index < -0.39 is 0 Å². The summed E-state index contributed by atoms with van der Waals surface area (Å²) in [7, 11) is 3.17. The van der Waals surface area contributed by atoms with Crippen molar-refractivity contribution in [1.82, 2.24) is 10.9 Å². The molecule has 0 aliphatic heterocycles. The number of anilines is 1. The van der Waals surface area contributed by atoms with Crippen LogP contribution in [0.25, 0.3) is 0 Å². The highest BCUT2D eigenvalue weighted by molar-refractivity contribution is 5.94. The van der Waals surface area contributed by atoms with Gasteiger partial charge in [0.15, 0.2) is 0 Å². The quantitative estimate of drug-likeness (QED) is 0.613. The van der Waals surface area contributed by atoms with Crippen molar-refractivity contribution < 1.29 is 9.63 Å². The third-order valence-corrected chi connectivity index (χ3v) is 1.61. The molecule has 14 heavy (non-hydrogen) atoms. The van der Waals surface area contributed by atoms with Crippen molar-refractivity contribution in [2.24, 2.45) is 0 Å². The van der Waals surface area contributed by atoms with Crippen molar-refractivity contribution in [2.45, 2.75) is 0 Å². The molecule has 0 atom stereocenters. The van der Waals surface area contributed by atoms with Crippen molar-refractivity contribution >= 4 is 11.6 Å². The van der Waals surface area contributed by atoms with Gasteiger partial charge in [0.25, 0.3) is 5.91 Å². The molecule has 0 aliphatic carbocycles. The molecular formula is C9H13N3O2. The van der Waals surface area contributed by atoms with Gasteiger partial charge in [-0.2, -0.15) is 0 Å².